The average Bonchev–Trinajstić information content (AvgIpc) is 0.671. The van der Waals surface area contributed by atoms with Gasteiger partial charge in [-0.1, -0.05) is 53.2 Å². The molecule has 0 unspecified atom stereocenters. The Kier molecular flexibility index (Phi) is 20.0. The molecule has 15 N–H and O–H groups in total. The second-order valence-electron chi connectivity index (χ2n) is 30.6. The summed E-state index contributed by atoms with van der Waals surface area (Å²) in [6.07, 6.45) is -41.1. The van der Waals surface area contributed by atoms with E-state index in [-0.39, 0.29) is 30.6 Å². The molecule has 0 radical (unpaired) electrons. The quantitative estimate of drug-likeness (QED) is 0.0557. The maximum absolute atomic E-state index is 15.7. The minimum Gasteiger partial charge on any atom is -0.457 e. The predicted molar refractivity (Wildman–Crippen MR) is 308 cm³/mol. The minimum absolute atomic E-state index is 0.0693. The van der Waals surface area contributed by atoms with Gasteiger partial charge in [0.2, 0.25) is 6.29 Å². The van der Waals surface area contributed by atoms with E-state index in [1.807, 2.05) is 0 Å². The second-order valence-corrected chi connectivity index (χ2v) is 30.6. The molecule has 93 heavy (non-hydrogen) atoms. The number of rotatable bonds is 4. The van der Waals surface area contributed by atoms with Crippen LogP contribution in [0.1, 0.15) is 120 Å². The van der Waals surface area contributed by atoms with E-state index in [4.69, 9.17) is 56.8 Å². The van der Waals surface area contributed by atoms with Crippen LogP contribution in [0, 0.1) is 50.2 Å². The summed E-state index contributed by atoms with van der Waals surface area (Å²) in [6.45, 7) is 11.5. The molecule has 530 valence electrons. The van der Waals surface area contributed by atoms with Crippen molar-refractivity contribution in [3.63, 3.8) is 0 Å². The Labute approximate surface area is 537 Å². The van der Waals surface area contributed by atoms with Gasteiger partial charge in [-0.3, -0.25) is 14.4 Å². The molecule has 0 aromatic rings. The highest BCUT2D eigenvalue weighted by atomic mass is 16.8. The molecule has 17 aliphatic rings. The van der Waals surface area contributed by atoms with Crippen molar-refractivity contribution in [2.45, 2.75) is 279 Å². The number of aliphatic hydroxyl groups excluding tert-OH is 14. The molecule has 5 aliphatic carbocycles. The van der Waals surface area contributed by atoms with Gasteiger partial charge in [-0.2, -0.15) is 0 Å². The first kappa shape index (κ1) is 71.5. The lowest BCUT2D eigenvalue weighted by Crippen LogP contribution is -2.71. The summed E-state index contributed by atoms with van der Waals surface area (Å²) in [4.78, 5) is 43.1. The van der Waals surface area contributed by atoms with Gasteiger partial charge in [0.05, 0.1) is 75.9 Å². The van der Waals surface area contributed by atoms with E-state index in [1.165, 1.54) is 6.92 Å². The zero-order chi connectivity index (χ0) is 67.8. The number of ether oxygens (including phenoxy) is 12. The first-order chi connectivity index (χ1) is 43.5. The van der Waals surface area contributed by atoms with Crippen molar-refractivity contribution in [1.29, 1.82) is 0 Å². The smallest absolute Gasteiger partial charge is 0.317 e. The number of esters is 3. The highest BCUT2D eigenvalue weighted by Crippen LogP contribution is 2.76. The molecule has 30 nitrogen and oxygen atoms in total. The molecule has 17 rings (SSSR count). The van der Waals surface area contributed by atoms with Crippen LogP contribution in [0.25, 0.3) is 0 Å². The predicted octanol–water partition coefficient (Wildman–Crippen LogP) is -3.71. The third-order valence-electron chi connectivity index (χ3n) is 24.0. The average molecular weight is 1340 g/mol. The van der Waals surface area contributed by atoms with Gasteiger partial charge in [0.25, 0.3) is 0 Å². The van der Waals surface area contributed by atoms with Crippen LogP contribution in [0.2, 0.25) is 0 Å². The molecule has 1 spiro atoms. The maximum Gasteiger partial charge on any atom is 0.317 e. The van der Waals surface area contributed by atoms with E-state index in [2.05, 4.69) is 40.7 Å². The van der Waals surface area contributed by atoms with Crippen LogP contribution in [0.5, 0.6) is 0 Å². The van der Waals surface area contributed by atoms with Crippen LogP contribution in [-0.4, -0.2) is 287 Å². The van der Waals surface area contributed by atoms with Crippen molar-refractivity contribution in [2.24, 2.45) is 50.2 Å². The lowest BCUT2D eigenvalue weighted by atomic mass is 9.33. The van der Waals surface area contributed by atoms with Crippen LogP contribution in [0.15, 0.2) is 11.6 Å². The zero-order valence-corrected chi connectivity index (χ0v) is 53.7. The summed E-state index contributed by atoms with van der Waals surface area (Å²) in [5.41, 5.74) is -6.89. The fourth-order valence-electron chi connectivity index (χ4n) is 18.6. The number of carbonyl (C=O) groups excluding carboxylic acids is 3. The highest BCUT2D eigenvalue weighted by Gasteiger charge is 2.73. The van der Waals surface area contributed by atoms with Crippen LogP contribution in [0.4, 0.5) is 0 Å². The summed E-state index contributed by atoms with van der Waals surface area (Å²) in [5, 5.41) is 172. The van der Waals surface area contributed by atoms with Crippen LogP contribution >= 0.6 is 0 Å². The zero-order valence-electron chi connectivity index (χ0n) is 53.7. The van der Waals surface area contributed by atoms with Crippen molar-refractivity contribution in [2.75, 3.05) is 33.0 Å². The molecule has 0 amide bonds. The fraction of sp³-hybridized carbons (Fsp3) is 0.921. The standard InChI is InChI=1S/C63H98O30/c1-25-46-47(89-51-43(77)38(72)29(67)21-82-51)45(79)53(85-25)91-48-39(73)30(68)22-83-54(48)93-56(80)63-14-13-57(2,3)15-27(63)26-9-10-34-59(5)16-28(66)50(60(6,24-65)33(59)11-12-61(34,7)62(26,8)17-35(63)69)92-55-49(42(76)40(74)31(20-64)87-55)90-52-44(78)41(75)32(23-84-52)86-36(70)18-58(4,81)19-37(71)88-46/h9,25,27-35,38-55,64-69,72-79,81H,10-24H2,1-8H3/t25-,27-,28-,29+,30-,31+,32-,33-,34+,35-,38-,39-,40+,41-,42-,43+,44+,45+,46-,47-,48+,49+,50-,51-,52-,53-,54-,55-,58-,59-,60-,61+,62+,63+/m0/s1. The number of allylic oxidation sites excluding steroid dienone is 2. The molecule has 12 bridgehead atoms. The summed E-state index contributed by atoms with van der Waals surface area (Å²) in [6, 6.07) is 0. The fourth-order valence-corrected chi connectivity index (χ4v) is 18.6. The largest absolute Gasteiger partial charge is 0.457 e. The topological polar surface area (TPSA) is 465 Å². The van der Waals surface area contributed by atoms with Gasteiger partial charge in [0.15, 0.2) is 43.5 Å². The monoisotopic (exact) mass is 1330 g/mol. The van der Waals surface area contributed by atoms with E-state index in [0.29, 0.717) is 32.1 Å². The van der Waals surface area contributed by atoms with E-state index in [1.54, 1.807) is 6.92 Å². The van der Waals surface area contributed by atoms with Crippen molar-refractivity contribution >= 4 is 17.9 Å². The Morgan fingerprint density at radius 1 is 0.570 bits per heavy atom. The van der Waals surface area contributed by atoms with Gasteiger partial charge in [0, 0.05) is 5.41 Å². The highest BCUT2D eigenvalue weighted by molar-refractivity contribution is 5.80. The molecular weight excluding hydrogens is 1240 g/mol. The third kappa shape index (κ3) is 12.3. The number of carbonyl (C=O) groups is 3. The third-order valence-corrected chi connectivity index (χ3v) is 24.0. The molecule has 0 aromatic carbocycles. The molecule has 34 atom stereocenters. The first-order valence-electron chi connectivity index (χ1n) is 32.7. The van der Waals surface area contributed by atoms with E-state index in [0.717, 1.165) is 12.5 Å². The Balaban J connectivity index is 0.961. The molecule has 0 aromatic heterocycles. The molecule has 12 fully saturated rings. The first-order valence-corrected chi connectivity index (χ1v) is 32.7. The molecule has 12 aliphatic heterocycles. The van der Waals surface area contributed by atoms with Crippen LogP contribution in [-0.2, 0) is 71.2 Å². The van der Waals surface area contributed by atoms with Crippen LogP contribution in [0.3, 0.4) is 0 Å². The molecule has 30 heteroatoms. The normalized spacial score (nSPS) is 54.8. The minimum atomic E-state index is -2.31. The molecule has 12 heterocycles. The van der Waals surface area contributed by atoms with Crippen molar-refractivity contribution in [3.05, 3.63) is 11.6 Å². The van der Waals surface area contributed by atoms with Crippen molar-refractivity contribution < 1.29 is 148 Å². The van der Waals surface area contributed by atoms with E-state index in [9.17, 15) is 86.2 Å². The van der Waals surface area contributed by atoms with Gasteiger partial charge in [-0.15, -0.1) is 0 Å². The lowest BCUT2D eigenvalue weighted by molar-refractivity contribution is -0.377. The van der Waals surface area contributed by atoms with Gasteiger partial charge < -0.3 is 133 Å². The molecule has 4 saturated carbocycles. The Bertz CT molecular complexity index is 2740. The number of hydrogen-bond donors (Lipinski definition) is 15. The van der Waals surface area contributed by atoms with Gasteiger partial charge in [0.1, 0.15) is 84.8 Å². The van der Waals surface area contributed by atoms with Gasteiger partial charge in [-0.05, 0) is 105 Å². The maximum atomic E-state index is 15.7. The Hall–Kier alpha value is -2.81. The number of aliphatic hydroxyl groups is 15. The summed E-state index contributed by atoms with van der Waals surface area (Å²) in [5.74, 6) is -4.65. The van der Waals surface area contributed by atoms with E-state index >= 15 is 4.79 Å². The van der Waals surface area contributed by atoms with Crippen molar-refractivity contribution in [3.8, 4) is 0 Å². The van der Waals surface area contributed by atoms with Gasteiger partial charge >= 0.3 is 17.9 Å². The summed E-state index contributed by atoms with van der Waals surface area (Å²) in [7, 11) is 0. The number of hydrogen-bond acceptors (Lipinski definition) is 30. The van der Waals surface area contributed by atoms with Gasteiger partial charge in [-0.25, -0.2) is 0 Å². The Morgan fingerprint density at radius 2 is 1.22 bits per heavy atom. The molecule has 8 saturated heterocycles. The molecular formula is C63H98O30. The second kappa shape index (κ2) is 26.0. The lowest BCUT2D eigenvalue weighted by Gasteiger charge is -2.72. The summed E-state index contributed by atoms with van der Waals surface area (Å²) < 4.78 is 72.0. The van der Waals surface area contributed by atoms with Crippen molar-refractivity contribution in [1.82, 2.24) is 0 Å². The van der Waals surface area contributed by atoms with Crippen LogP contribution < -0.4 is 0 Å². The summed E-state index contributed by atoms with van der Waals surface area (Å²) >= 11 is 0. The Morgan fingerprint density at radius 3 is 1.90 bits per heavy atom. The van der Waals surface area contributed by atoms with E-state index < -0.39 is 262 Å². The SMILES string of the molecule is C[C@@H]1O[C@H]2O[C@H]3[C@@H](OC[C@H](O)[C@@H]3O)OC(=O)[C@]34CCC(C)(C)C[C@H]3C3=CC[C@@H]5[C@@]6(C)C[C@H](O)[C@H](O[C@@H]7O[C@H](CO)[C@@H](O)[C@H](O)[C@H]7O[C@@H]7OC[C@H](OC(=O)C[C@](C)(O)CC(=O)O[C@@H]1[C@@H](O[C@@H]1OC[C@@H](O)[C@H](O)[C@H]1O)[C@H]2O)[C@H](O)[C@H]7O)[C@@](C)(CO)[C@H]6CC[C@@]5(C)[C@]3(C)C[C@@H]4O.